The minimum Gasteiger partial charge on any atom is -0.474 e. The van der Waals surface area contributed by atoms with Gasteiger partial charge in [0.05, 0.1) is 23.1 Å². The lowest BCUT2D eigenvalue weighted by Crippen LogP contribution is -2.41. The molecule has 8 heteroatoms. The number of carbonyl (C=O) groups is 1. The molecule has 29 heavy (non-hydrogen) atoms. The van der Waals surface area contributed by atoms with E-state index >= 15 is 0 Å². The predicted molar refractivity (Wildman–Crippen MR) is 111 cm³/mol. The van der Waals surface area contributed by atoms with Crippen molar-refractivity contribution in [3.63, 3.8) is 0 Å². The molecule has 0 aromatic carbocycles. The fraction of sp³-hybridized carbons (Fsp3) is 0.571. The van der Waals surface area contributed by atoms with Crippen LogP contribution in [0.2, 0.25) is 5.31 Å². The van der Waals surface area contributed by atoms with E-state index in [0.29, 0.717) is 11.5 Å². The van der Waals surface area contributed by atoms with Crippen molar-refractivity contribution >= 4 is 19.0 Å². The fourth-order valence-electron chi connectivity index (χ4n) is 3.12. The molecule has 7 nitrogen and oxygen atoms in total. The fourth-order valence-corrected chi connectivity index (χ4v) is 3.12. The van der Waals surface area contributed by atoms with Crippen molar-refractivity contribution in [3.05, 3.63) is 41.9 Å². The Hall–Kier alpha value is -2.19. The number of esters is 1. The lowest BCUT2D eigenvalue weighted by Gasteiger charge is -2.33. The molecule has 0 radical (unpaired) electrons. The van der Waals surface area contributed by atoms with E-state index in [1.54, 1.807) is 31.5 Å². The van der Waals surface area contributed by atoms with Gasteiger partial charge >= 0.3 is 13.1 Å². The molecular weight excluding hydrogens is 371 g/mol. The van der Waals surface area contributed by atoms with Gasteiger partial charge < -0.3 is 18.8 Å². The number of aromatic nitrogens is 1. The molecule has 0 spiro atoms. The zero-order valence-corrected chi connectivity index (χ0v) is 18.2. The largest absolute Gasteiger partial charge is 0.474 e. The first-order chi connectivity index (χ1) is 13.5. The first-order valence-corrected chi connectivity index (χ1v) is 9.91. The molecule has 2 aliphatic heterocycles. The number of pyridine rings is 1. The summed E-state index contributed by atoms with van der Waals surface area (Å²) in [6.07, 6.45) is 4.91. The normalized spacial score (nSPS) is 27.8. The standard InChI is InChI=1S/C21H29BN2O5/c1-8-26-18(25)16-13-15(9-11-23-16)17-24-12-10-21(7,14(2)27-17)22-28-19(3,4)20(5,6)29-22/h9-14H,8H2,1-7H3/t14-,21?/m0/s1. The Morgan fingerprint density at radius 2 is 1.86 bits per heavy atom. The van der Waals surface area contributed by atoms with Crippen LogP contribution in [0.1, 0.15) is 64.5 Å². The second kappa shape index (κ2) is 7.57. The Morgan fingerprint density at radius 1 is 1.21 bits per heavy atom. The molecule has 1 saturated heterocycles. The summed E-state index contributed by atoms with van der Waals surface area (Å²) in [6.45, 7) is 14.1. The molecule has 0 amide bonds. The van der Waals surface area contributed by atoms with Gasteiger partial charge in [-0.3, -0.25) is 0 Å². The van der Waals surface area contributed by atoms with Crippen molar-refractivity contribution in [2.24, 2.45) is 4.99 Å². The molecule has 1 aromatic heterocycles. The van der Waals surface area contributed by atoms with Crippen molar-refractivity contribution in [1.29, 1.82) is 0 Å². The molecule has 3 rings (SSSR count). The van der Waals surface area contributed by atoms with Gasteiger partial charge in [-0.15, -0.1) is 0 Å². The summed E-state index contributed by atoms with van der Waals surface area (Å²) in [6, 6.07) is 3.37. The number of rotatable bonds is 4. The maximum Gasteiger partial charge on any atom is 0.472 e. The monoisotopic (exact) mass is 400 g/mol. The van der Waals surface area contributed by atoms with E-state index in [4.69, 9.17) is 18.8 Å². The lowest BCUT2D eigenvalue weighted by atomic mass is 9.55. The van der Waals surface area contributed by atoms with Crippen LogP contribution in [0.5, 0.6) is 0 Å². The van der Waals surface area contributed by atoms with Crippen molar-refractivity contribution < 1.29 is 23.6 Å². The van der Waals surface area contributed by atoms with Crippen LogP contribution in [-0.4, -0.2) is 47.9 Å². The Labute approximate surface area is 172 Å². The summed E-state index contributed by atoms with van der Waals surface area (Å²) in [5.41, 5.74) is -0.0174. The quantitative estimate of drug-likeness (QED) is 0.565. The van der Waals surface area contributed by atoms with Crippen molar-refractivity contribution in [2.75, 3.05) is 6.61 Å². The van der Waals surface area contributed by atoms with Crippen LogP contribution in [0.3, 0.4) is 0 Å². The molecule has 156 valence electrons. The van der Waals surface area contributed by atoms with Gasteiger partial charge in [0, 0.05) is 18.0 Å². The van der Waals surface area contributed by atoms with Gasteiger partial charge in [0.25, 0.3) is 0 Å². The molecule has 3 heterocycles. The van der Waals surface area contributed by atoms with Gasteiger partial charge in [0.1, 0.15) is 11.8 Å². The highest BCUT2D eigenvalue weighted by atomic mass is 16.7. The first kappa shape index (κ1) is 21.5. The van der Waals surface area contributed by atoms with Crippen molar-refractivity contribution in [2.45, 2.75) is 71.1 Å². The van der Waals surface area contributed by atoms with Gasteiger partial charge in [-0.2, -0.15) is 0 Å². The van der Waals surface area contributed by atoms with Crippen LogP contribution in [0.25, 0.3) is 0 Å². The predicted octanol–water partition coefficient (Wildman–Crippen LogP) is 3.79. The number of hydrogen-bond acceptors (Lipinski definition) is 7. The van der Waals surface area contributed by atoms with Crippen LogP contribution < -0.4 is 0 Å². The number of nitrogens with zero attached hydrogens (tertiary/aromatic N) is 2. The summed E-state index contributed by atoms with van der Waals surface area (Å²) >= 11 is 0. The molecule has 1 aromatic rings. The molecule has 2 atom stereocenters. The first-order valence-electron chi connectivity index (χ1n) is 9.91. The summed E-state index contributed by atoms with van der Waals surface area (Å²) in [4.78, 5) is 20.5. The maximum atomic E-state index is 12.0. The highest BCUT2D eigenvalue weighted by Gasteiger charge is 2.59. The highest BCUT2D eigenvalue weighted by molar-refractivity contribution is 6.50. The third kappa shape index (κ3) is 3.96. The molecule has 0 N–H and O–H groups in total. The second-order valence-corrected chi connectivity index (χ2v) is 8.61. The van der Waals surface area contributed by atoms with Crippen molar-refractivity contribution in [3.8, 4) is 0 Å². The molecule has 1 fully saturated rings. The zero-order valence-electron chi connectivity index (χ0n) is 18.2. The molecule has 0 aliphatic carbocycles. The number of ether oxygens (including phenoxy) is 2. The number of aliphatic imine (C=N–C) groups is 1. The SMILES string of the molecule is CCOC(=O)c1cc(C2=NC=CC(C)(B3OC(C)(C)C(C)(C)O3)[C@H](C)O2)ccn1. The van der Waals surface area contributed by atoms with Gasteiger partial charge in [0.2, 0.25) is 5.90 Å². The van der Waals surface area contributed by atoms with E-state index in [2.05, 4.69) is 9.98 Å². The highest BCUT2D eigenvalue weighted by Crippen LogP contribution is 2.48. The van der Waals surface area contributed by atoms with E-state index in [1.807, 2.05) is 47.6 Å². The Kier molecular flexibility index (Phi) is 5.62. The topological polar surface area (TPSA) is 79.2 Å². The second-order valence-electron chi connectivity index (χ2n) is 8.61. The van der Waals surface area contributed by atoms with Crippen molar-refractivity contribution in [1.82, 2.24) is 4.98 Å². The smallest absolute Gasteiger partial charge is 0.472 e. The van der Waals surface area contributed by atoms with Crippen LogP contribution in [0.4, 0.5) is 0 Å². The summed E-state index contributed by atoms with van der Waals surface area (Å²) in [5.74, 6) is -0.0730. The summed E-state index contributed by atoms with van der Waals surface area (Å²) in [7, 11) is -0.485. The van der Waals surface area contributed by atoms with E-state index < -0.39 is 29.6 Å². The van der Waals surface area contributed by atoms with Gasteiger partial charge in [0.15, 0.2) is 0 Å². The summed E-state index contributed by atoms with van der Waals surface area (Å²) < 4.78 is 23.8. The van der Waals surface area contributed by atoms with E-state index in [9.17, 15) is 4.79 Å². The number of hydrogen-bond donors (Lipinski definition) is 0. The Morgan fingerprint density at radius 3 is 2.48 bits per heavy atom. The third-order valence-corrected chi connectivity index (χ3v) is 6.04. The maximum absolute atomic E-state index is 12.0. The molecule has 0 bridgehead atoms. The average Bonchev–Trinajstić information content (AvgIpc) is 2.77. The molecule has 0 saturated carbocycles. The third-order valence-electron chi connectivity index (χ3n) is 6.04. The minimum absolute atomic E-state index is 0.213. The van der Waals surface area contributed by atoms with Crippen LogP contribution in [0.15, 0.2) is 35.6 Å². The van der Waals surface area contributed by atoms with Gasteiger partial charge in [-0.1, -0.05) is 13.0 Å². The summed E-state index contributed by atoms with van der Waals surface area (Å²) in [5, 5.41) is -0.562. The Balaban J connectivity index is 1.83. The van der Waals surface area contributed by atoms with Gasteiger partial charge in [-0.05, 0) is 53.7 Å². The van der Waals surface area contributed by atoms with E-state index in [-0.39, 0.29) is 18.4 Å². The molecular formula is C21H29BN2O5. The van der Waals surface area contributed by atoms with Crippen LogP contribution in [0, 0.1) is 0 Å². The van der Waals surface area contributed by atoms with Gasteiger partial charge in [-0.25, -0.2) is 14.8 Å². The Bertz CT molecular complexity index is 835. The number of carbonyl (C=O) groups excluding carboxylic acids is 1. The van der Waals surface area contributed by atoms with Crippen LogP contribution >= 0.6 is 0 Å². The lowest BCUT2D eigenvalue weighted by molar-refractivity contribution is 0.00578. The zero-order chi connectivity index (χ0) is 21.4. The minimum atomic E-state index is -0.562. The van der Waals surface area contributed by atoms with Crippen LogP contribution in [-0.2, 0) is 18.8 Å². The van der Waals surface area contributed by atoms with E-state index in [0.717, 1.165) is 0 Å². The average molecular weight is 400 g/mol. The molecule has 2 aliphatic rings. The molecule has 1 unspecified atom stereocenters. The van der Waals surface area contributed by atoms with E-state index in [1.165, 1.54) is 0 Å².